The van der Waals surface area contributed by atoms with E-state index >= 15 is 0 Å². The molecule has 3 aromatic rings. The number of rotatable bonds is 13. The summed E-state index contributed by atoms with van der Waals surface area (Å²) in [6, 6.07) is 24.5. The second-order valence-corrected chi connectivity index (χ2v) is 10.8. The molecular formula is C35H42O4. The largest absolute Gasteiger partial charge is 0.488 e. The van der Waals surface area contributed by atoms with Gasteiger partial charge in [0.1, 0.15) is 24.7 Å². The molecule has 0 saturated carbocycles. The lowest BCUT2D eigenvalue weighted by atomic mass is 9.74. The van der Waals surface area contributed by atoms with Gasteiger partial charge in [-0.25, -0.2) is 4.79 Å². The fraction of sp³-hybridized carbons (Fsp3) is 0.400. The molecule has 4 rings (SSSR count). The third kappa shape index (κ3) is 7.53. The Kier molecular flexibility index (Phi) is 10.2. The highest BCUT2D eigenvalue weighted by Gasteiger charge is 2.33. The van der Waals surface area contributed by atoms with Gasteiger partial charge in [-0.15, -0.1) is 0 Å². The molecule has 0 amide bonds. The number of allylic oxidation sites excluding steroid dienone is 1. The van der Waals surface area contributed by atoms with Crippen molar-refractivity contribution in [2.45, 2.75) is 78.9 Å². The van der Waals surface area contributed by atoms with Crippen LogP contribution in [0.25, 0.3) is 5.57 Å². The third-order valence-corrected chi connectivity index (χ3v) is 7.78. The molecule has 3 aromatic carbocycles. The van der Waals surface area contributed by atoms with Gasteiger partial charge in [0.05, 0.1) is 5.56 Å². The first-order valence-corrected chi connectivity index (χ1v) is 14.5. The second-order valence-electron chi connectivity index (χ2n) is 10.8. The first-order valence-electron chi connectivity index (χ1n) is 14.5. The van der Waals surface area contributed by atoms with Crippen LogP contribution in [-0.4, -0.2) is 11.1 Å². The van der Waals surface area contributed by atoms with Crippen molar-refractivity contribution in [3.8, 4) is 11.5 Å². The Hall–Kier alpha value is -3.53. The number of hydrogen-bond donors (Lipinski definition) is 1. The zero-order valence-electron chi connectivity index (χ0n) is 23.6. The van der Waals surface area contributed by atoms with Crippen LogP contribution in [0.3, 0.4) is 0 Å². The maximum Gasteiger partial charge on any atom is 0.332 e. The predicted octanol–water partition coefficient (Wildman–Crippen LogP) is 8.87. The van der Waals surface area contributed by atoms with E-state index in [-0.39, 0.29) is 5.92 Å². The number of aryl methyl sites for hydroxylation is 1. The number of benzene rings is 3. The van der Waals surface area contributed by atoms with Gasteiger partial charge in [0.15, 0.2) is 0 Å². The molecule has 39 heavy (non-hydrogen) atoms. The van der Waals surface area contributed by atoms with Crippen LogP contribution in [0, 0.1) is 11.8 Å². The van der Waals surface area contributed by atoms with Crippen LogP contribution in [-0.2, 0) is 24.4 Å². The number of carbonyl (C=O) groups is 1. The van der Waals surface area contributed by atoms with Gasteiger partial charge in [0.2, 0.25) is 0 Å². The summed E-state index contributed by atoms with van der Waals surface area (Å²) >= 11 is 0. The van der Waals surface area contributed by atoms with Crippen LogP contribution < -0.4 is 9.47 Å². The maximum absolute atomic E-state index is 12.6. The Labute approximate surface area is 233 Å². The SMILES string of the molecule is CCCCCc1cc(OCc2ccccc2)c(C2=C(C(=O)O)C(C)CC(CC)C2)c(OCc2ccccc2)c1. The molecule has 1 aliphatic rings. The van der Waals surface area contributed by atoms with Crippen LogP contribution in [0.2, 0.25) is 0 Å². The standard InChI is InChI=1S/C35H42O4/c1-4-6-9-18-29-21-31(38-23-27-14-10-7-11-15-27)34(32(22-29)39-24-28-16-12-8-13-17-28)30-20-26(5-2)19-25(3)33(30)35(36)37/h7-8,10-17,21-22,25-26H,4-6,9,18-20,23-24H2,1-3H3,(H,36,37). The van der Waals surface area contributed by atoms with Crippen molar-refractivity contribution in [1.82, 2.24) is 0 Å². The zero-order chi connectivity index (χ0) is 27.6. The van der Waals surface area contributed by atoms with Gasteiger partial charge in [-0.2, -0.15) is 0 Å². The molecular weight excluding hydrogens is 484 g/mol. The van der Waals surface area contributed by atoms with Crippen molar-refractivity contribution in [2.24, 2.45) is 11.8 Å². The van der Waals surface area contributed by atoms with Crippen LogP contribution in [0.1, 0.15) is 81.5 Å². The van der Waals surface area contributed by atoms with E-state index in [0.29, 0.717) is 42.6 Å². The number of hydrogen-bond acceptors (Lipinski definition) is 3. The minimum Gasteiger partial charge on any atom is -0.488 e. The minimum atomic E-state index is -0.845. The van der Waals surface area contributed by atoms with Crippen LogP contribution in [0.4, 0.5) is 0 Å². The maximum atomic E-state index is 12.6. The van der Waals surface area contributed by atoms with Crippen molar-refractivity contribution in [3.63, 3.8) is 0 Å². The van der Waals surface area contributed by atoms with Gasteiger partial charge >= 0.3 is 5.97 Å². The van der Waals surface area contributed by atoms with E-state index in [1.54, 1.807) is 0 Å². The number of carboxylic acid groups (broad SMARTS) is 1. The van der Waals surface area contributed by atoms with Crippen molar-refractivity contribution in [3.05, 3.63) is 101 Å². The minimum absolute atomic E-state index is 0.0376. The molecule has 0 aliphatic heterocycles. The topological polar surface area (TPSA) is 55.8 Å². The monoisotopic (exact) mass is 526 g/mol. The Balaban J connectivity index is 1.84. The Morgan fingerprint density at radius 1 is 0.846 bits per heavy atom. The molecule has 0 fully saturated rings. The summed E-state index contributed by atoms with van der Waals surface area (Å²) < 4.78 is 13.1. The molecule has 0 spiro atoms. The lowest BCUT2D eigenvalue weighted by Gasteiger charge is -2.31. The molecule has 1 aliphatic carbocycles. The molecule has 0 radical (unpaired) electrons. The van der Waals surface area contributed by atoms with Gasteiger partial charge in [-0.05, 0) is 71.9 Å². The Morgan fingerprint density at radius 2 is 1.41 bits per heavy atom. The Morgan fingerprint density at radius 3 is 1.90 bits per heavy atom. The van der Waals surface area contributed by atoms with Crippen LogP contribution >= 0.6 is 0 Å². The molecule has 2 atom stereocenters. The second kappa shape index (κ2) is 14.0. The normalized spacial score (nSPS) is 17.2. The molecule has 0 heterocycles. The lowest BCUT2D eigenvalue weighted by Crippen LogP contribution is -2.22. The van der Waals surface area contributed by atoms with Crippen LogP contribution in [0.15, 0.2) is 78.4 Å². The molecule has 0 saturated heterocycles. The van der Waals surface area contributed by atoms with Crippen molar-refractivity contribution in [2.75, 3.05) is 0 Å². The van der Waals surface area contributed by atoms with Gasteiger partial charge in [0, 0.05) is 5.57 Å². The highest BCUT2D eigenvalue weighted by molar-refractivity contribution is 5.99. The number of unbranched alkanes of at least 4 members (excludes halogenated alkanes) is 2. The van der Waals surface area contributed by atoms with E-state index in [9.17, 15) is 9.90 Å². The van der Waals surface area contributed by atoms with E-state index in [1.807, 2.05) is 43.3 Å². The fourth-order valence-corrected chi connectivity index (χ4v) is 5.65. The lowest BCUT2D eigenvalue weighted by molar-refractivity contribution is -0.133. The molecule has 206 valence electrons. The molecule has 4 heteroatoms. The fourth-order valence-electron chi connectivity index (χ4n) is 5.65. The summed E-state index contributed by atoms with van der Waals surface area (Å²) in [7, 11) is 0. The third-order valence-electron chi connectivity index (χ3n) is 7.78. The van der Waals surface area contributed by atoms with Gasteiger partial charge in [-0.3, -0.25) is 0 Å². The molecule has 1 N–H and O–H groups in total. The van der Waals surface area contributed by atoms with Gasteiger partial charge in [0.25, 0.3) is 0 Å². The summed E-state index contributed by atoms with van der Waals surface area (Å²) in [5.41, 5.74) is 5.46. The van der Waals surface area contributed by atoms with E-state index in [1.165, 1.54) is 0 Å². The van der Waals surface area contributed by atoms with Gasteiger partial charge in [-0.1, -0.05) is 101 Å². The molecule has 2 unspecified atom stereocenters. The average Bonchev–Trinajstić information content (AvgIpc) is 2.95. The van der Waals surface area contributed by atoms with E-state index in [0.717, 1.165) is 66.4 Å². The summed E-state index contributed by atoms with van der Waals surface area (Å²) in [6.45, 7) is 7.26. The first-order chi connectivity index (χ1) is 19.0. The average molecular weight is 527 g/mol. The van der Waals surface area contributed by atoms with E-state index in [4.69, 9.17) is 9.47 Å². The molecule has 0 aromatic heterocycles. The van der Waals surface area contributed by atoms with Crippen molar-refractivity contribution in [1.29, 1.82) is 0 Å². The van der Waals surface area contributed by atoms with E-state index in [2.05, 4.69) is 50.2 Å². The zero-order valence-corrected chi connectivity index (χ0v) is 23.6. The quantitative estimate of drug-likeness (QED) is 0.226. The number of carboxylic acids is 1. The highest BCUT2D eigenvalue weighted by atomic mass is 16.5. The highest BCUT2D eigenvalue weighted by Crippen LogP contribution is 2.47. The Bertz CT molecular complexity index is 1180. The van der Waals surface area contributed by atoms with Crippen molar-refractivity contribution >= 4 is 11.5 Å². The number of aliphatic carboxylic acids is 1. The number of ether oxygens (including phenoxy) is 2. The van der Waals surface area contributed by atoms with Gasteiger partial charge < -0.3 is 14.6 Å². The molecule has 4 nitrogen and oxygen atoms in total. The summed E-state index contributed by atoms with van der Waals surface area (Å²) in [5, 5.41) is 10.4. The van der Waals surface area contributed by atoms with E-state index < -0.39 is 5.97 Å². The summed E-state index contributed by atoms with van der Waals surface area (Å²) in [5.74, 6) is 0.972. The molecule has 0 bridgehead atoms. The summed E-state index contributed by atoms with van der Waals surface area (Å²) in [4.78, 5) is 12.6. The van der Waals surface area contributed by atoms with Crippen LogP contribution in [0.5, 0.6) is 11.5 Å². The first kappa shape index (κ1) is 28.5. The smallest absolute Gasteiger partial charge is 0.332 e. The predicted molar refractivity (Wildman–Crippen MR) is 158 cm³/mol. The van der Waals surface area contributed by atoms with Crippen molar-refractivity contribution < 1.29 is 19.4 Å². The summed E-state index contributed by atoms with van der Waals surface area (Å²) in [6.07, 6.45) is 6.93.